The van der Waals surface area contributed by atoms with Crippen LogP contribution in [0, 0.1) is 0 Å². The minimum Gasteiger partial charge on any atom is -0.366 e. The SMILES string of the molecule is c1ccc(CNc2ccnc(Nc3cnccn3)n2)cc1. The molecule has 0 aliphatic carbocycles. The lowest BCUT2D eigenvalue weighted by atomic mass is 10.2. The zero-order chi connectivity index (χ0) is 14.3. The third-order valence-electron chi connectivity index (χ3n) is 2.78. The van der Waals surface area contributed by atoms with E-state index < -0.39 is 0 Å². The molecule has 6 heteroatoms. The second-order valence-electron chi connectivity index (χ2n) is 4.32. The van der Waals surface area contributed by atoms with Gasteiger partial charge < -0.3 is 10.6 Å². The van der Waals surface area contributed by atoms with E-state index in [1.54, 1.807) is 24.8 Å². The van der Waals surface area contributed by atoms with E-state index in [0.29, 0.717) is 18.3 Å². The van der Waals surface area contributed by atoms with Crippen LogP contribution in [0.4, 0.5) is 17.6 Å². The second kappa shape index (κ2) is 6.42. The van der Waals surface area contributed by atoms with Crippen LogP contribution in [0.3, 0.4) is 0 Å². The van der Waals surface area contributed by atoms with E-state index in [9.17, 15) is 0 Å². The molecule has 0 saturated carbocycles. The number of aromatic nitrogens is 4. The van der Waals surface area contributed by atoms with Gasteiger partial charge in [0.2, 0.25) is 5.95 Å². The van der Waals surface area contributed by atoms with Gasteiger partial charge in [0, 0.05) is 25.1 Å². The maximum absolute atomic E-state index is 4.38. The van der Waals surface area contributed by atoms with Gasteiger partial charge in [-0.3, -0.25) is 4.98 Å². The van der Waals surface area contributed by atoms with Gasteiger partial charge in [0.25, 0.3) is 0 Å². The Hall–Kier alpha value is -3.02. The Balaban J connectivity index is 1.66. The standard InChI is InChI=1S/C15H14N6/c1-2-4-12(5-3-1)10-19-13-6-7-18-15(20-13)21-14-11-16-8-9-17-14/h1-9,11H,10H2,(H2,17,18,19,20,21). The van der Waals surface area contributed by atoms with Gasteiger partial charge in [-0.2, -0.15) is 4.98 Å². The minimum absolute atomic E-state index is 0.480. The Morgan fingerprint density at radius 1 is 0.857 bits per heavy atom. The van der Waals surface area contributed by atoms with Crippen LogP contribution in [0.25, 0.3) is 0 Å². The summed E-state index contributed by atoms with van der Waals surface area (Å²) in [7, 11) is 0. The van der Waals surface area contributed by atoms with Gasteiger partial charge in [0.15, 0.2) is 5.82 Å². The Kier molecular flexibility index (Phi) is 3.97. The summed E-state index contributed by atoms with van der Waals surface area (Å²) in [6.45, 7) is 0.711. The Morgan fingerprint density at radius 3 is 2.57 bits per heavy atom. The fourth-order valence-corrected chi connectivity index (χ4v) is 1.78. The van der Waals surface area contributed by atoms with E-state index in [0.717, 1.165) is 5.82 Å². The predicted molar refractivity (Wildman–Crippen MR) is 81.1 cm³/mol. The lowest BCUT2D eigenvalue weighted by Gasteiger charge is -2.07. The molecule has 3 aromatic rings. The number of benzene rings is 1. The lowest BCUT2D eigenvalue weighted by Crippen LogP contribution is -2.04. The van der Waals surface area contributed by atoms with Crippen molar-refractivity contribution in [2.75, 3.05) is 10.6 Å². The first-order chi connectivity index (χ1) is 10.4. The molecule has 3 rings (SSSR count). The summed E-state index contributed by atoms with van der Waals surface area (Å²) < 4.78 is 0. The number of rotatable bonds is 5. The summed E-state index contributed by atoms with van der Waals surface area (Å²) >= 11 is 0. The molecule has 0 unspecified atom stereocenters. The van der Waals surface area contributed by atoms with E-state index in [2.05, 4.69) is 42.7 Å². The van der Waals surface area contributed by atoms with Crippen LogP contribution >= 0.6 is 0 Å². The highest BCUT2D eigenvalue weighted by atomic mass is 15.2. The minimum atomic E-state index is 0.480. The molecule has 0 aliphatic heterocycles. The highest BCUT2D eigenvalue weighted by Gasteiger charge is 2.01. The van der Waals surface area contributed by atoms with Crippen molar-refractivity contribution in [3.63, 3.8) is 0 Å². The molecule has 6 nitrogen and oxygen atoms in total. The molecule has 0 radical (unpaired) electrons. The molecule has 0 saturated heterocycles. The molecular weight excluding hydrogens is 264 g/mol. The first-order valence-electron chi connectivity index (χ1n) is 6.54. The number of nitrogens with zero attached hydrogens (tertiary/aromatic N) is 4. The average Bonchev–Trinajstić information content (AvgIpc) is 2.55. The van der Waals surface area contributed by atoms with Crippen molar-refractivity contribution in [1.82, 2.24) is 19.9 Å². The van der Waals surface area contributed by atoms with Gasteiger partial charge >= 0.3 is 0 Å². The monoisotopic (exact) mass is 278 g/mol. The molecule has 0 bridgehead atoms. The van der Waals surface area contributed by atoms with E-state index in [-0.39, 0.29) is 0 Å². The second-order valence-corrected chi connectivity index (χ2v) is 4.32. The van der Waals surface area contributed by atoms with Crippen molar-refractivity contribution in [1.29, 1.82) is 0 Å². The Morgan fingerprint density at radius 2 is 1.76 bits per heavy atom. The maximum Gasteiger partial charge on any atom is 0.230 e. The highest BCUT2D eigenvalue weighted by Crippen LogP contribution is 2.11. The predicted octanol–water partition coefficient (Wildman–Crippen LogP) is 2.62. The van der Waals surface area contributed by atoms with Crippen LogP contribution < -0.4 is 10.6 Å². The van der Waals surface area contributed by atoms with Crippen molar-refractivity contribution in [3.05, 3.63) is 66.7 Å². The van der Waals surface area contributed by atoms with Crippen LogP contribution in [0.5, 0.6) is 0 Å². The molecular formula is C15H14N6. The van der Waals surface area contributed by atoms with Crippen LogP contribution in [-0.4, -0.2) is 19.9 Å². The quantitative estimate of drug-likeness (QED) is 0.747. The third kappa shape index (κ3) is 3.73. The van der Waals surface area contributed by atoms with Gasteiger partial charge in [-0.1, -0.05) is 30.3 Å². The number of nitrogens with one attached hydrogen (secondary N) is 2. The molecule has 104 valence electrons. The van der Waals surface area contributed by atoms with Gasteiger partial charge in [0.1, 0.15) is 5.82 Å². The molecule has 0 fully saturated rings. The molecule has 2 heterocycles. The number of hydrogen-bond donors (Lipinski definition) is 2. The summed E-state index contributed by atoms with van der Waals surface area (Å²) in [6, 6.07) is 12.0. The molecule has 0 spiro atoms. The van der Waals surface area contributed by atoms with Gasteiger partial charge in [-0.25, -0.2) is 9.97 Å². The lowest BCUT2D eigenvalue weighted by molar-refractivity contribution is 1.08. The molecule has 0 atom stereocenters. The number of anilines is 3. The molecule has 0 aliphatic rings. The van der Waals surface area contributed by atoms with Crippen molar-refractivity contribution < 1.29 is 0 Å². The smallest absolute Gasteiger partial charge is 0.230 e. The highest BCUT2D eigenvalue weighted by molar-refractivity contribution is 5.48. The van der Waals surface area contributed by atoms with E-state index in [1.807, 2.05) is 24.3 Å². The topological polar surface area (TPSA) is 75.6 Å². The van der Waals surface area contributed by atoms with Crippen LogP contribution in [0.2, 0.25) is 0 Å². The fraction of sp³-hybridized carbons (Fsp3) is 0.0667. The Bertz CT molecular complexity index is 687. The summed E-state index contributed by atoms with van der Waals surface area (Å²) in [5, 5.41) is 6.27. The fourth-order valence-electron chi connectivity index (χ4n) is 1.78. The summed E-state index contributed by atoms with van der Waals surface area (Å²) in [5.41, 5.74) is 1.19. The van der Waals surface area contributed by atoms with E-state index in [1.165, 1.54) is 5.56 Å². The molecule has 2 aromatic heterocycles. The normalized spacial score (nSPS) is 10.1. The van der Waals surface area contributed by atoms with Crippen molar-refractivity contribution in [2.45, 2.75) is 6.54 Å². The summed E-state index contributed by atoms with van der Waals surface area (Å²) in [5.74, 6) is 1.84. The maximum atomic E-state index is 4.38. The van der Waals surface area contributed by atoms with Crippen LogP contribution in [0.15, 0.2) is 61.2 Å². The van der Waals surface area contributed by atoms with Crippen LogP contribution in [-0.2, 0) is 6.54 Å². The zero-order valence-corrected chi connectivity index (χ0v) is 11.3. The molecule has 0 amide bonds. The van der Waals surface area contributed by atoms with Crippen molar-refractivity contribution in [3.8, 4) is 0 Å². The van der Waals surface area contributed by atoms with Crippen molar-refractivity contribution in [2.24, 2.45) is 0 Å². The summed E-state index contributed by atoms with van der Waals surface area (Å²) in [4.78, 5) is 16.6. The van der Waals surface area contributed by atoms with Gasteiger partial charge in [-0.05, 0) is 11.6 Å². The van der Waals surface area contributed by atoms with Crippen molar-refractivity contribution >= 4 is 17.6 Å². The average molecular weight is 278 g/mol. The van der Waals surface area contributed by atoms with E-state index in [4.69, 9.17) is 0 Å². The van der Waals surface area contributed by atoms with Gasteiger partial charge in [-0.15, -0.1) is 0 Å². The molecule has 2 N–H and O–H groups in total. The first kappa shape index (κ1) is 13.0. The van der Waals surface area contributed by atoms with E-state index >= 15 is 0 Å². The third-order valence-corrected chi connectivity index (χ3v) is 2.78. The molecule has 21 heavy (non-hydrogen) atoms. The van der Waals surface area contributed by atoms with Gasteiger partial charge in [0.05, 0.1) is 6.20 Å². The zero-order valence-electron chi connectivity index (χ0n) is 11.3. The first-order valence-corrected chi connectivity index (χ1v) is 6.54. The van der Waals surface area contributed by atoms with Crippen LogP contribution in [0.1, 0.15) is 5.56 Å². The molecule has 1 aromatic carbocycles. The number of hydrogen-bond acceptors (Lipinski definition) is 6. The summed E-state index contributed by atoms with van der Waals surface area (Å²) in [6.07, 6.45) is 6.54. The largest absolute Gasteiger partial charge is 0.366 e. The Labute approximate surface area is 122 Å².